The highest BCUT2D eigenvalue weighted by atomic mass is 16.5. The topological polar surface area (TPSA) is 59.2 Å². The van der Waals surface area contributed by atoms with E-state index in [9.17, 15) is 4.79 Å². The number of hydrogen-bond acceptors (Lipinski definition) is 4. The molecule has 1 unspecified atom stereocenters. The first-order chi connectivity index (χ1) is 9.74. The van der Waals surface area contributed by atoms with E-state index in [1.807, 2.05) is 35.2 Å². The van der Waals surface area contributed by atoms with Crippen LogP contribution in [0.3, 0.4) is 0 Å². The van der Waals surface area contributed by atoms with Crippen LogP contribution in [-0.2, 0) is 4.79 Å². The fourth-order valence-electron chi connectivity index (χ4n) is 2.57. The monoisotopic (exact) mass is 271 g/mol. The van der Waals surface area contributed by atoms with Gasteiger partial charge in [0.15, 0.2) is 0 Å². The lowest BCUT2D eigenvalue weighted by atomic mass is 9.98. The van der Waals surface area contributed by atoms with Gasteiger partial charge in [0.2, 0.25) is 17.6 Å². The van der Waals surface area contributed by atoms with Gasteiger partial charge in [0.05, 0.1) is 5.92 Å². The van der Waals surface area contributed by atoms with Crippen molar-refractivity contribution >= 4 is 5.91 Å². The van der Waals surface area contributed by atoms with Crippen LogP contribution in [0.5, 0.6) is 0 Å². The van der Waals surface area contributed by atoms with Gasteiger partial charge in [0, 0.05) is 25.6 Å². The first-order valence-corrected chi connectivity index (χ1v) is 6.88. The molecule has 0 spiro atoms. The summed E-state index contributed by atoms with van der Waals surface area (Å²) in [5, 5.41) is 4.04. The lowest BCUT2D eigenvalue weighted by molar-refractivity contribution is -0.130. The number of rotatable bonds is 2. The second-order valence-electron chi connectivity index (χ2n) is 5.13. The van der Waals surface area contributed by atoms with Gasteiger partial charge in [-0.05, 0) is 12.8 Å². The summed E-state index contributed by atoms with van der Waals surface area (Å²) in [6.45, 7) is 3.10. The standard InChI is InChI=1S/C15H17N3O2/c1-11(19)18-9-5-8-13(10-18)15-16-14(17-20-15)12-6-3-2-4-7-12/h2-4,6-7,13H,5,8-10H2,1H3. The lowest BCUT2D eigenvalue weighted by Gasteiger charge is -2.29. The molecule has 0 N–H and O–H groups in total. The van der Waals surface area contributed by atoms with Crippen molar-refractivity contribution in [1.82, 2.24) is 15.0 Å². The number of hydrogen-bond donors (Lipinski definition) is 0. The highest BCUT2D eigenvalue weighted by molar-refractivity contribution is 5.73. The number of carbonyl (C=O) groups is 1. The molecule has 20 heavy (non-hydrogen) atoms. The highest BCUT2D eigenvalue weighted by Gasteiger charge is 2.27. The molecule has 0 saturated carbocycles. The molecule has 1 aromatic heterocycles. The minimum atomic E-state index is 0.109. The number of likely N-dealkylation sites (tertiary alicyclic amines) is 1. The molecule has 0 aliphatic carbocycles. The molecular weight excluding hydrogens is 254 g/mol. The van der Waals surface area contributed by atoms with Crippen molar-refractivity contribution in [2.24, 2.45) is 0 Å². The van der Waals surface area contributed by atoms with Crippen LogP contribution < -0.4 is 0 Å². The van der Waals surface area contributed by atoms with Crippen LogP contribution in [0.25, 0.3) is 11.4 Å². The number of piperidine rings is 1. The zero-order valence-corrected chi connectivity index (χ0v) is 11.5. The highest BCUT2D eigenvalue weighted by Crippen LogP contribution is 2.27. The van der Waals surface area contributed by atoms with Crippen LogP contribution in [-0.4, -0.2) is 34.0 Å². The van der Waals surface area contributed by atoms with Crippen molar-refractivity contribution < 1.29 is 9.32 Å². The van der Waals surface area contributed by atoms with Crippen LogP contribution in [0.1, 0.15) is 31.6 Å². The van der Waals surface area contributed by atoms with E-state index in [0.717, 1.165) is 24.9 Å². The molecule has 1 aliphatic rings. The van der Waals surface area contributed by atoms with Crippen molar-refractivity contribution in [3.8, 4) is 11.4 Å². The van der Waals surface area contributed by atoms with Crippen molar-refractivity contribution in [1.29, 1.82) is 0 Å². The predicted molar refractivity (Wildman–Crippen MR) is 74.0 cm³/mol. The first kappa shape index (κ1) is 12.8. The minimum absolute atomic E-state index is 0.109. The third-order valence-corrected chi connectivity index (χ3v) is 3.69. The minimum Gasteiger partial charge on any atom is -0.342 e. The Balaban J connectivity index is 1.78. The average Bonchev–Trinajstić information content (AvgIpc) is 2.98. The zero-order valence-electron chi connectivity index (χ0n) is 11.5. The van der Waals surface area contributed by atoms with E-state index in [0.29, 0.717) is 18.3 Å². The molecule has 5 nitrogen and oxygen atoms in total. The van der Waals surface area contributed by atoms with E-state index >= 15 is 0 Å². The maximum Gasteiger partial charge on any atom is 0.231 e. The molecule has 3 rings (SSSR count). The molecule has 0 bridgehead atoms. The summed E-state index contributed by atoms with van der Waals surface area (Å²) in [6, 6.07) is 9.76. The Kier molecular flexibility index (Phi) is 3.50. The Bertz CT molecular complexity index is 594. The molecule has 2 aromatic rings. The van der Waals surface area contributed by atoms with Crippen LogP contribution in [0.4, 0.5) is 0 Å². The number of amides is 1. The van der Waals surface area contributed by atoms with Crippen molar-refractivity contribution in [3.05, 3.63) is 36.2 Å². The summed E-state index contributed by atoms with van der Waals surface area (Å²) in [6.07, 6.45) is 1.97. The fourth-order valence-corrected chi connectivity index (χ4v) is 2.57. The summed E-state index contributed by atoms with van der Waals surface area (Å²) >= 11 is 0. The first-order valence-electron chi connectivity index (χ1n) is 6.88. The molecule has 1 saturated heterocycles. The van der Waals surface area contributed by atoms with E-state index < -0.39 is 0 Å². The van der Waals surface area contributed by atoms with Gasteiger partial charge in [0.1, 0.15) is 0 Å². The maximum absolute atomic E-state index is 11.5. The Morgan fingerprint density at radius 3 is 2.90 bits per heavy atom. The smallest absolute Gasteiger partial charge is 0.231 e. The molecule has 0 radical (unpaired) electrons. The van der Waals surface area contributed by atoms with Gasteiger partial charge >= 0.3 is 0 Å². The van der Waals surface area contributed by atoms with E-state index in [1.54, 1.807) is 6.92 Å². The third kappa shape index (κ3) is 2.57. The van der Waals surface area contributed by atoms with E-state index in [2.05, 4.69) is 10.1 Å². The summed E-state index contributed by atoms with van der Waals surface area (Å²) in [5.41, 5.74) is 0.946. The molecule has 1 aliphatic heterocycles. The third-order valence-electron chi connectivity index (χ3n) is 3.69. The van der Waals surface area contributed by atoms with Crippen LogP contribution >= 0.6 is 0 Å². The van der Waals surface area contributed by atoms with Gasteiger partial charge in [-0.3, -0.25) is 4.79 Å². The van der Waals surface area contributed by atoms with Crippen LogP contribution in [0, 0.1) is 0 Å². The normalized spacial score (nSPS) is 19.1. The van der Waals surface area contributed by atoms with Crippen molar-refractivity contribution in [2.45, 2.75) is 25.7 Å². The second kappa shape index (κ2) is 5.45. The zero-order chi connectivity index (χ0) is 13.9. The Labute approximate surface area is 117 Å². The summed E-state index contributed by atoms with van der Waals surface area (Å²) in [4.78, 5) is 17.8. The number of carbonyl (C=O) groups excluding carboxylic acids is 1. The summed E-state index contributed by atoms with van der Waals surface area (Å²) in [7, 11) is 0. The molecule has 1 fully saturated rings. The average molecular weight is 271 g/mol. The van der Waals surface area contributed by atoms with E-state index in [4.69, 9.17) is 4.52 Å². The summed E-state index contributed by atoms with van der Waals surface area (Å²) < 4.78 is 5.39. The molecule has 104 valence electrons. The van der Waals surface area contributed by atoms with E-state index in [1.165, 1.54) is 0 Å². The Hall–Kier alpha value is -2.17. The van der Waals surface area contributed by atoms with Gasteiger partial charge < -0.3 is 9.42 Å². The fraction of sp³-hybridized carbons (Fsp3) is 0.400. The van der Waals surface area contributed by atoms with E-state index in [-0.39, 0.29) is 11.8 Å². The van der Waals surface area contributed by atoms with Gasteiger partial charge in [0.25, 0.3) is 0 Å². The molecule has 1 aromatic carbocycles. The van der Waals surface area contributed by atoms with Crippen LogP contribution in [0.2, 0.25) is 0 Å². The van der Waals surface area contributed by atoms with Crippen molar-refractivity contribution in [2.75, 3.05) is 13.1 Å². The molecule has 2 heterocycles. The number of nitrogens with zero attached hydrogens (tertiary/aromatic N) is 3. The van der Waals surface area contributed by atoms with Gasteiger partial charge in [-0.15, -0.1) is 0 Å². The molecule has 1 atom stereocenters. The van der Waals surface area contributed by atoms with Crippen molar-refractivity contribution in [3.63, 3.8) is 0 Å². The summed E-state index contributed by atoms with van der Waals surface area (Å²) in [5.74, 6) is 1.51. The van der Waals surface area contributed by atoms with Gasteiger partial charge in [-0.2, -0.15) is 4.98 Å². The maximum atomic E-state index is 11.5. The molecule has 1 amide bonds. The predicted octanol–water partition coefficient (Wildman–Crippen LogP) is 2.46. The second-order valence-corrected chi connectivity index (χ2v) is 5.13. The quantitative estimate of drug-likeness (QED) is 0.842. The molecule has 5 heteroatoms. The van der Waals surface area contributed by atoms with Gasteiger partial charge in [-0.1, -0.05) is 35.5 Å². The van der Waals surface area contributed by atoms with Gasteiger partial charge in [-0.25, -0.2) is 0 Å². The lowest BCUT2D eigenvalue weighted by Crippen LogP contribution is -2.37. The Morgan fingerprint density at radius 1 is 1.35 bits per heavy atom. The van der Waals surface area contributed by atoms with Crippen LogP contribution in [0.15, 0.2) is 34.9 Å². The SMILES string of the molecule is CC(=O)N1CCCC(c2nc(-c3ccccc3)no2)C1. The Morgan fingerprint density at radius 2 is 2.15 bits per heavy atom. The molecular formula is C15H17N3O2. The number of aromatic nitrogens is 2. The largest absolute Gasteiger partial charge is 0.342 e. The number of benzene rings is 1.